The lowest BCUT2D eigenvalue weighted by molar-refractivity contribution is -0.149. The summed E-state index contributed by atoms with van der Waals surface area (Å²) < 4.78 is 7.18. The largest absolute Gasteiger partial charge is 0.462 e. The number of fused-ring (bicyclic) bond motifs is 1. The van der Waals surface area contributed by atoms with Gasteiger partial charge in [0.25, 0.3) is 11.1 Å². The minimum atomic E-state index is -0.623. The van der Waals surface area contributed by atoms with Crippen LogP contribution in [0.25, 0.3) is 17.0 Å². The second kappa shape index (κ2) is 9.57. The van der Waals surface area contributed by atoms with Crippen LogP contribution in [0.1, 0.15) is 36.2 Å². The number of benzene rings is 2. The lowest BCUT2D eigenvalue weighted by Crippen LogP contribution is -2.35. The number of aromatic nitrogens is 1. The summed E-state index contributed by atoms with van der Waals surface area (Å²) in [5, 5.41) is 9.92. The van der Waals surface area contributed by atoms with Gasteiger partial charge in [-0.1, -0.05) is 36.4 Å². The molecule has 1 saturated heterocycles. The van der Waals surface area contributed by atoms with E-state index in [1.807, 2.05) is 49.4 Å². The first-order chi connectivity index (χ1) is 16.3. The van der Waals surface area contributed by atoms with Crippen molar-refractivity contribution in [2.24, 2.45) is 0 Å². The van der Waals surface area contributed by atoms with Crippen LogP contribution in [0, 0.1) is 18.3 Å². The second-order valence-corrected chi connectivity index (χ2v) is 9.17. The molecule has 7 nitrogen and oxygen atoms in total. The van der Waals surface area contributed by atoms with Gasteiger partial charge in [-0.15, -0.1) is 0 Å². The number of carbonyl (C=O) groups excluding carboxylic acids is 3. The Kier molecular flexibility index (Phi) is 6.57. The quantitative estimate of drug-likeness (QED) is 0.375. The van der Waals surface area contributed by atoms with Crippen molar-refractivity contribution >= 4 is 45.9 Å². The van der Waals surface area contributed by atoms with E-state index in [0.29, 0.717) is 12.1 Å². The number of para-hydroxylation sites is 1. The average molecular weight is 474 g/mol. The number of imide groups is 1. The van der Waals surface area contributed by atoms with E-state index >= 15 is 0 Å². The fourth-order valence-corrected chi connectivity index (χ4v) is 4.80. The van der Waals surface area contributed by atoms with Gasteiger partial charge in [-0.3, -0.25) is 19.3 Å². The maximum atomic E-state index is 12.9. The topological polar surface area (TPSA) is 92.4 Å². The minimum absolute atomic E-state index is 0.255. The number of nitrogens with zero attached hydrogens (tertiary/aromatic N) is 3. The number of ether oxygens (including phenoxy) is 1. The van der Waals surface area contributed by atoms with Gasteiger partial charge >= 0.3 is 5.97 Å². The minimum Gasteiger partial charge on any atom is -0.462 e. The molecular formula is C26H23N3O4S. The fourth-order valence-electron chi connectivity index (χ4n) is 3.98. The first-order valence-corrected chi connectivity index (χ1v) is 11.6. The average Bonchev–Trinajstić information content (AvgIpc) is 3.22. The van der Waals surface area contributed by atoms with Gasteiger partial charge in [-0.25, -0.2) is 0 Å². The summed E-state index contributed by atoms with van der Waals surface area (Å²) in [6.07, 6.45) is 1.38. The van der Waals surface area contributed by atoms with Crippen LogP contribution in [0.4, 0.5) is 4.79 Å². The van der Waals surface area contributed by atoms with E-state index in [1.165, 1.54) is 0 Å². The summed E-state index contributed by atoms with van der Waals surface area (Å²) in [6.45, 7) is 5.45. The van der Waals surface area contributed by atoms with Crippen LogP contribution in [-0.2, 0) is 20.9 Å². The smallest absolute Gasteiger partial charge is 0.326 e. The molecule has 34 heavy (non-hydrogen) atoms. The van der Waals surface area contributed by atoms with Crippen molar-refractivity contribution in [1.82, 2.24) is 9.47 Å². The zero-order valence-corrected chi connectivity index (χ0v) is 19.9. The van der Waals surface area contributed by atoms with E-state index < -0.39 is 23.7 Å². The Morgan fingerprint density at radius 2 is 1.85 bits per heavy atom. The highest BCUT2D eigenvalue weighted by Crippen LogP contribution is 2.36. The van der Waals surface area contributed by atoms with E-state index in [4.69, 9.17) is 4.74 Å². The van der Waals surface area contributed by atoms with E-state index in [1.54, 1.807) is 26.0 Å². The number of rotatable bonds is 6. The standard InChI is InChI=1S/C26H23N3O4S/c1-16(2)33-24(30)15-29-25(31)23(34-26(29)32)12-21-17(3)28(22-11-7-6-10-20(21)22)14-19-9-5-4-8-18(19)13-27/h4-12,16H,14-15H2,1-3H3/b23-12+. The first-order valence-electron chi connectivity index (χ1n) is 10.8. The zero-order chi connectivity index (χ0) is 24.4. The SMILES string of the molecule is Cc1c(/C=C2/SC(=O)N(CC(=O)OC(C)C)C2=O)c2ccccc2n1Cc1ccccc1C#N. The van der Waals surface area contributed by atoms with Crippen LogP contribution in [-0.4, -0.2) is 39.2 Å². The van der Waals surface area contributed by atoms with E-state index in [2.05, 4.69) is 10.6 Å². The van der Waals surface area contributed by atoms with Gasteiger partial charge in [0.1, 0.15) is 6.54 Å². The Labute approximate surface area is 201 Å². The van der Waals surface area contributed by atoms with Gasteiger partial charge in [-0.2, -0.15) is 5.26 Å². The third-order valence-corrected chi connectivity index (χ3v) is 6.46. The number of carbonyl (C=O) groups is 3. The highest BCUT2D eigenvalue weighted by Gasteiger charge is 2.37. The summed E-state index contributed by atoms with van der Waals surface area (Å²) in [7, 11) is 0. The van der Waals surface area contributed by atoms with Crippen molar-refractivity contribution in [2.45, 2.75) is 33.4 Å². The highest BCUT2D eigenvalue weighted by molar-refractivity contribution is 8.18. The predicted molar refractivity (Wildman–Crippen MR) is 131 cm³/mol. The van der Waals surface area contributed by atoms with Gasteiger partial charge < -0.3 is 9.30 Å². The van der Waals surface area contributed by atoms with Crippen LogP contribution < -0.4 is 0 Å². The summed E-state index contributed by atoms with van der Waals surface area (Å²) in [5.41, 5.74) is 4.18. The van der Waals surface area contributed by atoms with Gasteiger partial charge in [-0.05, 0) is 56.3 Å². The number of hydrogen-bond donors (Lipinski definition) is 0. The number of thioether (sulfide) groups is 1. The molecule has 0 aliphatic carbocycles. The second-order valence-electron chi connectivity index (χ2n) is 8.18. The van der Waals surface area contributed by atoms with Crippen molar-refractivity contribution in [3.63, 3.8) is 0 Å². The maximum absolute atomic E-state index is 12.9. The van der Waals surface area contributed by atoms with Crippen LogP contribution in [0.3, 0.4) is 0 Å². The lowest BCUT2D eigenvalue weighted by Gasteiger charge is -2.13. The Morgan fingerprint density at radius 1 is 1.15 bits per heavy atom. The molecule has 3 aromatic rings. The molecule has 4 rings (SSSR count). The van der Waals surface area contributed by atoms with Crippen LogP contribution >= 0.6 is 11.8 Å². The monoisotopic (exact) mass is 473 g/mol. The molecule has 0 saturated carbocycles. The van der Waals surface area contributed by atoms with Crippen molar-refractivity contribution in [1.29, 1.82) is 5.26 Å². The van der Waals surface area contributed by atoms with Gasteiger partial charge in [0.15, 0.2) is 0 Å². The van der Waals surface area contributed by atoms with Crippen molar-refractivity contribution < 1.29 is 19.1 Å². The molecule has 0 bridgehead atoms. The summed E-state index contributed by atoms with van der Waals surface area (Å²) in [5.74, 6) is -1.13. The van der Waals surface area contributed by atoms with E-state index in [9.17, 15) is 19.6 Å². The molecule has 2 aromatic carbocycles. The molecule has 2 heterocycles. The molecule has 0 N–H and O–H groups in total. The van der Waals surface area contributed by atoms with Gasteiger partial charge in [0, 0.05) is 28.7 Å². The lowest BCUT2D eigenvalue weighted by atomic mass is 10.1. The Balaban J connectivity index is 1.71. The summed E-state index contributed by atoms with van der Waals surface area (Å²) in [4.78, 5) is 38.6. The number of hydrogen-bond acceptors (Lipinski definition) is 6. The molecule has 0 radical (unpaired) electrons. The number of amides is 2. The van der Waals surface area contributed by atoms with Crippen molar-refractivity contribution in [3.05, 3.63) is 75.8 Å². The first kappa shape index (κ1) is 23.3. The molecule has 2 amide bonds. The molecule has 8 heteroatoms. The molecule has 1 aromatic heterocycles. The molecule has 1 fully saturated rings. The molecule has 1 aliphatic rings. The maximum Gasteiger partial charge on any atom is 0.326 e. The predicted octanol–water partition coefficient (Wildman–Crippen LogP) is 4.86. The Hall–Kier alpha value is -3.83. The molecule has 0 atom stereocenters. The van der Waals surface area contributed by atoms with Gasteiger partial charge in [0.2, 0.25) is 0 Å². The molecule has 172 valence electrons. The third kappa shape index (κ3) is 4.47. The Bertz CT molecular complexity index is 1380. The van der Waals surface area contributed by atoms with Crippen molar-refractivity contribution in [2.75, 3.05) is 6.54 Å². The molecule has 1 aliphatic heterocycles. The van der Waals surface area contributed by atoms with Crippen LogP contribution in [0.2, 0.25) is 0 Å². The number of nitriles is 1. The number of esters is 1. The normalized spacial score (nSPS) is 14.9. The summed E-state index contributed by atoms with van der Waals surface area (Å²) in [6, 6.07) is 17.5. The molecule has 0 unspecified atom stereocenters. The fraction of sp³-hybridized carbons (Fsp3) is 0.231. The highest BCUT2D eigenvalue weighted by atomic mass is 32.2. The van der Waals surface area contributed by atoms with E-state index in [-0.39, 0.29) is 11.0 Å². The third-order valence-electron chi connectivity index (χ3n) is 5.55. The van der Waals surface area contributed by atoms with E-state index in [0.717, 1.165) is 44.4 Å². The molecule has 0 spiro atoms. The molecular weight excluding hydrogens is 450 g/mol. The van der Waals surface area contributed by atoms with Crippen LogP contribution in [0.15, 0.2) is 53.4 Å². The zero-order valence-electron chi connectivity index (χ0n) is 19.1. The van der Waals surface area contributed by atoms with Crippen LogP contribution in [0.5, 0.6) is 0 Å². The van der Waals surface area contributed by atoms with Crippen molar-refractivity contribution in [3.8, 4) is 6.07 Å². The Morgan fingerprint density at radius 3 is 2.59 bits per heavy atom. The summed E-state index contributed by atoms with van der Waals surface area (Å²) >= 11 is 0.813. The van der Waals surface area contributed by atoms with Gasteiger partial charge in [0.05, 0.1) is 22.6 Å².